The zero-order valence-electron chi connectivity index (χ0n) is 13.0. The lowest BCUT2D eigenvalue weighted by Gasteiger charge is -2.25. The Morgan fingerprint density at radius 2 is 2.30 bits per heavy atom. The predicted molar refractivity (Wildman–Crippen MR) is 86.6 cm³/mol. The lowest BCUT2D eigenvalue weighted by molar-refractivity contribution is 0.102. The third-order valence-electron chi connectivity index (χ3n) is 4.68. The van der Waals surface area contributed by atoms with E-state index in [9.17, 15) is 9.82 Å². The monoisotopic (exact) mass is 311 g/mol. The molecule has 2 heterocycles. The van der Waals surface area contributed by atoms with Crippen LogP contribution in [0.3, 0.4) is 0 Å². The van der Waals surface area contributed by atoms with Crippen LogP contribution < -0.4 is 10.8 Å². The Hall–Kier alpha value is -2.12. The maximum Gasteiger partial charge on any atom is 0.491 e. The van der Waals surface area contributed by atoms with E-state index in [0.29, 0.717) is 29.4 Å². The number of aryl methyl sites for hydroxylation is 1. The Kier molecular flexibility index (Phi) is 3.47. The zero-order valence-corrected chi connectivity index (χ0v) is 13.0. The predicted octanol–water partition coefficient (Wildman–Crippen LogP) is 1.39. The Morgan fingerprint density at radius 3 is 3.04 bits per heavy atom. The van der Waals surface area contributed by atoms with Crippen molar-refractivity contribution in [1.29, 1.82) is 0 Å². The summed E-state index contributed by atoms with van der Waals surface area (Å²) in [6, 6.07) is 5.88. The number of rotatable bonds is 3. The molecule has 1 aliphatic carbocycles. The highest BCUT2D eigenvalue weighted by Gasteiger charge is 2.28. The van der Waals surface area contributed by atoms with Crippen LogP contribution in [0.25, 0.3) is 0 Å². The second-order valence-corrected chi connectivity index (χ2v) is 6.22. The first-order valence-electron chi connectivity index (χ1n) is 7.91. The molecule has 118 valence electrons. The molecule has 6 nitrogen and oxygen atoms in total. The summed E-state index contributed by atoms with van der Waals surface area (Å²) in [5.74, 6) is -0.179. The van der Waals surface area contributed by atoms with Crippen LogP contribution in [0, 0.1) is 6.92 Å². The Morgan fingerprint density at radius 1 is 1.48 bits per heavy atom. The van der Waals surface area contributed by atoms with E-state index in [0.717, 1.165) is 24.1 Å². The molecule has 23 heavy (non-hydrogen) atoms. The summed E-state index contributed by atoms with van der Waals surface area (Å²) in [5.41, 5.74) is 3.64. The maximum atomic E-state index is 12.5. The van der Waals surface area contributed by atoms with E-state index < -0.39 is 7.12 Å². The third-order valence-corrected chi connectivity index (χ3v) is 4.68. The van der Waals surface area contributed by atoms with Gasteiger partial charge in [0.25, 0.3) is 5.91 Å². The quantitative estimate of drug-likeness (QED) is 0.840. The molecule has 0 bridgehead atoms. The Balaban J connectivity index is 1.54. The van der Waals surface area contributed by atoms with Crippen LogP contribution in [0.2, 0.25) is 0 Å². The molecule has 2 N–H and O–H groups in total. The van der Waals surface area contributed by atoms with Gasteiger partial charge in [0.1, 0.15) is 0 Å². The van der Waals surface area contributed by atoms with Gasteiger partial charge in [-0.2, -0.15) is 5.10 Å². The van der Waals surface area contributed by atoms with Crippen molar-refractivity contribution >= 4 is 24.2 Å². The molecule has 4 rings (SSSR count). The summed E-state index contributed by atoms with van der Waals surface area (Å²) in [7, 11) is -0.912. The van der Waals surface area contributed by atoms with Gasteiger partial charge in [-0.3, -0.25) is 9.48 Å². The summed E-state index contributed by atoms with van der Waals surface area (Å²) in [4.78, 5) is 12.5. The van der Waals surface area contributed by atoms with Gasteiger partial charge >= 0.3 is 7.12 Å². The van der Waals surface area contributed by atoms with E-state index in [1.165, 1.54) is 6.42 Å². The molecule has 1 aliphatic heterocycles. The smallest absolute Gasteiger partial charge is 0.423 e. The first-order valence-corrected chi connectivity index (χ1v) is 7.91. The number of fused-ring (bicyclic) bond motifs is 1. The van der Waals surface area contributed by atoms with Crippen LogP contribution in [0.1, 0.15) is 46.9 Å². The van der Waals surface area contributed by atoms with Gasteiger partial charge in [-0.05, 0) is 49.3 Å². The fraction of sp³-hybridized carbons (Fsp3) is 0.375. The van der Waals surface area contributed by atoms with Crippen molar-refractivity contribution in [2.24, 2.45) is 0 Å². The van der Waals surface area contributed by atoms with Gasteiger partial charge < -0.3 is 15.0 Å². The maximum absolute atomic E-state index is 12.5. The molecule has 2 aromatic rings. The minimum absolute atomic E-state index is 0.179. The molecule has 1 fully saturated rings. The van der Waals surface area contributed by atoms with E-state index in [-0.39, 0.29) is 5.91 Å². The number of hydrogen-bond donors (Lipinski definition) is 2. The summed E-state index contributed by atoms with van der Waals surface area (Å²) < 4.78 is 7.08. The van der Waals surface area contributed by atoms with E-state index in [4.69, 9.17) is 4.65 Å². The molecule has 0 unspecified atom stereocenters. The average molecular weight is 311 g/mol. The summed E-state index contributed by atoms with van der Waals surface area (Å²) in [6.45, 7) is 2.25. The van der Waals surface area contributed by atoms with Gasteiger partial charge in [0.15, 0.2) is 0 Å². The Labute approximate surface area is 134 Å². The first kappa shape index (κ1) is 14.5. The summed E-state index contributed by atoms with van der Waals surface area (Å²) >= 11 is 0. The van der Waals surface area contributed by atoms with Crippen LogP contribution in [0.4, 0.5) is 5.69 Å². The zero-order chi connectivity index (χ0) is 16.0. The van der Waals surface area contributed by atoms with Crippen molar-refractivity contribution in [3.63, 3.8) is 0 Å². The SMILES string of the molecule is Cc1nn(C2CCC2)cc1C(=O)Nc1ccc2c(c1)B(O)OC2. The van der Waals surface area contributed by atoms with Crippen LogP contribution >= 0.6 is 0 Å². The molecule has 0 radical (unpaired) electrons. The molecule has 0 saturated heterocycles. The molecule has 1 amide bonds. The average Bonchev–Trinajstić information content (AvgIpc) is 3.01. The van der Waals surface area contributed by atoms with Gasteiger partial charge in [-0.1, -0.05) is 6.07 Å². The molecule has 7 heteroatoms. The largest absolute Gasteiger partial charge is 0.491 e. The highest BCUT2D eigenvalue weighted by Crippen LogP contribution is 2.31. The minimum atomic E-state index is -0.912. The van der Waals surface area contributed by atoms with Crippen molar-refractivity contribution in [3.8, 4) is 0 Å². The second kappa shape index (κ2) is 5.51. The van der Waals surface area contributed by atoms with E-state index >= 15 is 0 Å². The van der Waals surface area contributed by atoms with Crippen molar-refractivity contribution in [1.82, 2.24) is 9.78 Å². The number of carbonyl (C=O) groups is 1. The molecule has 0 spiro atoms. The van der Waals surface area contributed by atoms with Crippen LogP contribution in [-0.4, -0.2) is 27.8 Å². The highest BCUT2D eigenvalue weighted by atomic mass is 16.5. The Bertz CT molecular complexity index is 770. The van der Waals surface area contributed by atoms with Gasteiger partial charge in [0.2, 0.25) is 0 Å². The first-order chi connectivity index (χ1) is 11.1. The molecule has 0 atom stereocenters. The number of hydrogen-bond acceptors (Lipinski definition) is 4. The van der Waals surface area contributed by atoms with Crippen molar-refractivity contribution in [2.75, 3.05) is 5.32 Å². The summed E-state index contributed by atoms with van der Waals surface area (Å²) in [5, 5.41) is 17.1. The van der Waals surface area contributed by atoms with Gasteiger partial charge in [0.05, 0.1) is 23.9 Å². The number of anilines is 1. The van der Waals surface area contributed by atoms with E-state index in [1.54, 1.807) is 6.07 Å². The standard InChI is InChI=1S/C16H18BN3O3/c1-10-14(8-20(19-10)13-3-2-4-13)16(21)18-12-6-5-11-9-23-17(22)15(11)7-12/h5-8,13,22H,2-4,9H2,1H3,(H,18,21). The van der Waals surface area contributed by atoms with Gasteiger partial charge in [-0.25, -0.2) is 0 Å². The number of amides is 1. The molecular formula is C16H18BN3O3. The molecule has 1 aromatic carbocycles. The molecule has 1 aromatic heterocycles. The lowest BCUT2D eigenvalue weighted by atomic mass is 9.79. The lowest BCUT2D eigenvalue weighted by Crippen LogP contribution is -2.28. The molecule has 1 saturated carbocycles. The fourth-order valence-electron chi connectivity index (χ4n) is 3.03. The highest BCUT2D eigenvalue weighted by molar-refractivity contribution is 6.61. The second-order valence-electron chi connectivity index (χ2n) is 6.22. The van der Waals surface area contributed by atoms with Crippen molar-refractivity contribution < 1.29 is 14.5 Å². The fourth-order valence-corrected chi connectivity index (χ4v) is 3.03. The normalized spacial score (nSPS) is 17.0. The van der Waals surface area contributed by atoms with Gasteiger partial charge in [0, 0.05) is 11.9 Å². The van der Waals surface area contributed by atoms with Crippen molar-refractivity contribution in [2.45, 2.75) is 38.8 Å². The number of benzene rings is 1. The minimum Gasteiger partial charge on any atom is -0.423 e. The topological polar surface area (TPSA) is 76.4 Å². The van der Waals surface area contributed by atoms with E-state index in [2.05, 4.69) is 10.4 Å². The van der Waals surface area contributed by atoms with E-state index in [1.807, 2.05) is 29.9 Å². The number of carbonyl (C=O) groups excluding carboxylic acids is 1. The van der Waals surface area contributed by atoms with Crippen LogP contribution in [0.15, 0.2) is 24.4 Å². The number of nitrogens with one attached hydrogen (secondary N) is 1. The number of nitrogens with zero attached hydrogens (tertiary/aromatic N) is 2. The molecule has 2 aliphatic rings. The van der Waals surface area contributed by atoms with Crippen LogP contribution in [0.5, 0.6) is 0 Å². The summed E-state index contributed by atoms with van der Waals surface area (Å²) in [6.07, 6.45) is 5.32. The number of aromatic nitrogens is 2. The third kappa shape index (κ3) is 2.56. The van der Waals surface area contributed by atoms with Gasteiger partial charge in [-0.15, -0.1) is 0 Å². The van der Waals surface area contributed by atoms with Crippen molar-refractivity contribution in [3.05, 3.63) is 41.2 Å². The van der Waals surface area contributed by atoms with Crippen LogP contribution in [-0.2, 0) is 11.3 Å². The molecular weight excluding hydrogens is 293 g/mol.